The average molecular weight is 282 g/mol. The van der Waals surface area contributed by atoms with Crippen LogP contribution in [0.5, 0.6) is 0 Å². The van der Waals surface area contributed by atoms with Crippen LogP contribution in [0.1, 0.15) is 38.2 Å². The number of nitriles is 1. The highest BCUT2D eigenvalue weighted by molar-refractivity contribution is 7.89. The van der Waals surface area contributed by atoms with E-state index >= 15 is 0 Å². The zero-order valence-electron chi connectivity index (χ0n) is 10.6. The van der Waals surface area contributed by atoms with E-state index in [0.29, 0.717) is 6.42 Å². The Hall–Kier alpha value is -1.45. The molecule has 1 N–H and O–H groups in total. The van der Waals surface area contributed by atoms with E-state index in [1.54, 1.807) is 6.07 Å². The van der Waals surface area contributed by atoms with Gasteiger partial charge in [0, 0.05) is 5.54 Å². The van der Waals surface area contributed by atoms with Crippen molar-refractivity contribution in [3.63, 3.8) is 0 Å². The molecule has 0 heterocycles. The second-order valence-electron chi connectivity index (χ2n) is 4.82. The largest absolute Gasteiger partial charge is 0.242 e. The maximum absolute atomic E-state index is 13.5. The average Bonchev–Trinajstić information content (AvgIpc) is 2.33. The van der Waals surface area contributed by atoms with Crippen molar-refractivity contribution in [2.45, 2.75) is 43.0 Å². The predicted molar refractivity (Wildman–Crippen MR) is 68.3 cm³/mol. The first-order valence-corrected chi connectivity index (χ1v) is 7.65. The molecule has 4 nitrogen and oxygen atoms in total. The van der Waals surface area contributed by atoms with Gasteiger partial charge in [-0.15, -0.1) is 0 Å². The quantitative estimate of drug-likeness (QED) is 0.921. The van der Waals surface area contributed by atoms with Crippen molar-refractivity contribution in [3.05, 3.63) is 29.6 Å². The summed E-state index contributed by atoms with van der Waals surface area (Å²) < 4.78 is 40.7. The molecule has 0 atom stereocenters. The Morgan fingerprint density at radius 3 is 2.63 bits per heavy atom. The SMILES string of the molecule is CCC1(NS(=O)(=O)c2cccc(F)c2C#N)CCC1. The van der Waals surface area contributed by atoms with Gasteiger partial charge in [-0.3, -0.25) is 0 Å². The molecule has 6 heteroatoms. The molecule has 0 bridgehead atoms. The van der Waals surface area contributed by atoms with Crippen LogP contribution in [0.3, 0.4) is 0 Å². The summed E-state index contributed by atoms with van der Waals surface area (Å²) in [5, 5.41) is 8.91. The van der Waals surface area contributed by atoms with Crippen LogP contribution in [-0.4, -0.2) is 14.0 Å². The molecule has 0 radical (unpaired) electrons. The van der Waals surface area contributed by atoms with E-state index in [2.05, 4.69) is 4.72 Å². The molecule has 0 unspecified atom stereocenters. The number of nitrogens with zero attached hydrogens (tertiary/aromatic N) is 1. The van der Waals surface area contributed by atoms with Gasteiger partial charge in [0.1, 0.15) is 22.3 Å². The Morgan fingerprint density at radius 2 is 2.16 bits per heavy atom. The highest BCUT2D eigenvalue weighted by Gasteiger charge is 2.39. The summed E-state index contributed by atoms with van der Waals surface area (Å²) in [5.74, 6) is -0.815. The highest BCUT2D eigenvalue weighted by Crippen LogP contribution is 2.36. The molecule has 1 aromatic rings. The fraction of sp³-hybridized carbons (Fsp3) is 0.462. The molecule has 1 aliphatic rings. The summed E-state index contributed by atoms with van der Waals surface area (Å²) in [5.41, 5.74) is -0.863. The zero-order valence-corrected chi connectivity index (χ0v) is 11.4. The molecule has 102 valence electrons. The van der Waals surface area contributed by atoms with E-state index in [1.165, 1.54) is 12.1 Å². The molecular weight excluding hydrogens is 267 g/mol. The van der Waals surface area contributed by atoms with E-state index < -0.39 is 26.9 Å². The van der Waals surface area contributed by atoms with Gasteiger partial charge in [0.25, 0.3) is 0 Å². The topological polar surface area (TPSA) is 70.0 Å². The first-order valence-electron chi connectivity index (χ1n) is 6.17. The molecule has 0 aliphatic heterocycles. The van der Waals surface area contributed by atoms with Crippen molar-refractivity contribution in [2.24, 2.45) is 0 Å². The third-order valence-corrected chi connectivity index (χ3v) is 5.34. The van der Waals surface area contributed by atoms with Crippen LogP contribution >= 0.6 is 0 Å². The van der Waals surface area contributed by atoms with E-state index in [-0.39, 0.29) is 4.90 Å². The van der Waals surface area contributed by atoms with Crippen molar-refractivity contribution in [2.75, 3.05) is 0 Å². The maximum Gasteiger partial charge on any atom is 0.242 e. The lowest BCUT2D eigenvalue weighted by atomic mass is 9.76. The van der Waals surface area contributed by atoms with Crippen LogP contribution in [-0.2, 0) is 10.0 Å². The molecule has 0 aromatic heterocycles. The Labute approximate surface area is 112 Å². The van der Waals surface area contributed by atoms with Crippen molar-refractivity contribution in [1.82, 2.24) is 4.72 Å². The van der Waals surface area contributed by atoms with E-state index in [4.69, 9.17) is 5.26 Å². The van der Waals surface area contributed by atoms with E-state index in [1.807, 2.05) is 6.92 Å². The second kappa shape index (κ2) is 4.91. The Kier molecular flexibility index (Phi) is 3.61. The van der Waals surface area contributed by atoms with Crippen LogP contribution < -0.4 is 4.72 Å². The summed E-state index contributed by atoms with van der Waals surface area (Å²) in [4.78, 5) is -0.283. The van der Waals surface area contributed by atoms with Crippen LogP contribution in [0, 0.1) is 17.1 Å². The molecule has 1 fully saturated rings. The van der Waals surface area contributed by atoms with Crippen LogP contribution in [0.15, 0.2) is 23.1 Å². The standard InChI is InChI=1S/C13H15FN2O2S/c1-2-13(7-4-8-13)16-19(17,18)12-6-3-5-11(14)10(12)9-15/h3,5-6,16H,2,4,7-8H2,1H3. The second-order valence-corrected chi connectivity index (χ2v) is 6.47. The van der Waals surface area contributed by atoms with Crippen LogP contribution in [0.25, 0.3) is 0 Å². The minimum atomic E-state index is -3.87. The third-order valence-electron chi connectivity index (χ3n) is 3.72. The molecule has 1 aliphatic carbocycles. The maximum atomic E-state index is 13.5. The van der Waals surface area contributed by atoms with Gasteiger partial charge in [-0.05, 0) is 37.8 Å². The first kappa shape index (κ1) is 14.0. The van der Waals surface area contributed by atoms with Crippen molar-refractivity contribution in [3.8, 4) is 6.07 Å². The van der Waals surface area contributed by atoms with E-state index in [0.717, 1.165) is 25.3 Å². The normalized spacial score (nSPS) is 17.5. The lowest BCUT2D eigenvalue weighted by Crippen LogP contribution is -2.52. The van der Waals surface area contributed by atoms with Gasteiger partial charge >= 0.3 is 0 Å². The number of benzene rings is 1. The number of rotatable bonds is 4. The Morgan fingerprint density at radius 1 is 1.47 bits per heavy atom. The fourth-order valence-corrected chi connectivity index (χ4v) is 4.01. The monoisotopic (exact) mass is 282 g/mol. The van der Waals surface area contributed by atoms with Crippen molar-refractivity contribution >= 4 is 10.0 Å². The summed E-state index contributed by atoms with van der Waals surface area (Å²) in [6, 6.07) is 5.25. The van der Waals surface area contributed by atoms with Gasteiger partial charge in [0.2, 0.25) is 10.0 Å². The molecule has 19 heavy (non-hydrogen) atoms. The van der Waals surface area contributed by atoms with Crippen molar-refractivity contribution in [1.29, 1.82) is 5.26 Å². The summed E-state index contributed by atoms with van der Waals surface area (Å²) in [7, 11) is -3.87. The zero-order chi connectivity index (χ0) is 14.1. The minimum absolute atomic E-state index is 0.283. The number of hydrogen-bond acceptors (Lipinski definition) is 3. The number of nitrogens with one attached hydrogen (secondary N) is 1. The summed E-state index contributed by atoms with van der Waals surface area (Å²) in [6.07, 6.45) is 3.22. The van der Waals surface area contributed by atoms with Crippen LogP contribution in [0.4, 0.5) is 4.39 Å². The highest BCUT2D eigenvalue weighted by atomic mass is 32.2. The summed E-state index contributed by atoms with van der Waals surface area (Å²) >= 11 is 0. The molecule has 1 aromatic carbocycles. The van der Waals surface area contributed by atoms with Crippen molar-refractivity contribution < 1.29 is 12.8 Å². The number of sulfonamides is 1. The lowest BCUT2D eigenvalue weighted by molar-refractivity contribution is 0.214. The van der Waals surface area contributed by atoms with Gasteiger partial charge in [-0.1, -0.05) is 13.0 Å². The van der Waals surface area contributed by atoms with Gasteiger partial charge in [-0.25, -0.2) is 17.5 Å². The molecule has 1 saturated carbocycles. The van der Waals surface area contributed by atoms with Gasteiger partial charge in [0.15, 0.2) is 0 Å². The molecule has 0 spiro atoms. The van der Waals surface area contributed by atoms with Gasteiger partial charge in [-0.2, -0.15) is 5.26 Å². The Balaban J connectivity index is 2.41. The number of halogens is 1. The molecule has 0 saturated heterocycles. The smallest absolute Gasteiger partial charge is 0.207 e. The van der Waals surface area contributed by atoms with Gasteiger partial charge < -0.3 is 0 Å². The predicted octanol–water partition coefficient (Wildman–Crippen LogP) is 2.31. The lowest BCUT2D eigenvalue weighted by Gasteiger charge is -2.41. The number of hydrogen-bond donors (Lipinski definition) is 1. The van der Waals surface area contributed by atoms with Gasteiger partial charge in [0.05, 0.1) is 0 Å². The summed E-state index contributed by atoms with van der Waals surface area (Å²) in [6.45, 7) is 1.92. The molecule has 2 rings (SSSR count). The van der Waals surface area contributed by atoms with Crippen LogP contribution in [0.2, 0.25) is 0 Å². The van der Waals surface area contributed by atoms with E-state index in [9.17, 15) is 12.8 Å². The first-order chi connectivity index (χ1) is 8.94. The fourth-order valence-electron chi connectivity index (χ4n) is 2.31. The third kappa shape index (κ3) is 2.48. The Bertz CT molecular complexity index is 625. The molecular formula is C13H15FN2O2S. The molecule has 0 amide bonds. The minimum Gasteiger partial charge on any atom is -0.207 e.